The summed E-state index contributed by atoms with van der Waals surface area (Å²) in [6.07, 6.45) is 1.57. The van der Waals surface area contributed by atoms with Crippen molar-refractivity contribution < 1.29 is 13.2 Å². The van der Waals surface area contributed by atoms with Crippen LogP contribution in [0.2, 0.25) is 0 Å². The van der Waals surface area contributed by atoms with Gasteiger partial charge in [-0.25, -0.2) is 13.1 Å². The Morgan fingerprint density at radius 1 is 1.50 bits per heavy atom. The van der Waals surface area contributed by atoms with Crippen molar-refractivity contribution in [1.29, 1.82) is 0 Å². The minimum Gasteiger partial charge on any atom is -0.378 e. The third kappa shape index (κ3) is 3.79. The largest absolute Gasteiger partial charge is 0.378 e. The van der Waals surface area contributed by atoms with Crippen molar-refractivity contribution in [3.8, 4) is 0 Å². The van der Waals surface area contributed by atoms with Crippen molar-refractivity contribution in [2.45, 2.75) is 49.6 Å². The van der Waals surface area contributed by atoms with Crippen LogP contribution in [0.4, 0.5) is 0 Å². The van der Waals surface area contributed by atoms with E-state index in [0.717, 1.165) is 23.3 Å². The Kier molecular flexibility index (Phi) is 5.19. The second-order valence-electron chi connectivity index (χ2n) is 5.23. The predicted octanol–water partition coefficient (Wildman–Crippen LogP) is 1.62. The van der Waals surface area contributed by atoms with E-state index in [4.69, 9.17) is 4.74 Å². The summed E-state index contributed by atoms with van der Waals surface area (Å²) >= 11 is 1.34. The van der Waals surface area contributed by atoms with Gasteiger partial charge < -0.3 is 10.1 Å². The zero-order valence-corrected chi connectivity index (χ0v) is 13.7. The van der Waals surface area contributed by atoms with E-state index in [1.54, 1.807) is 6.07 Å². The average Bonchev–Trinajstić information content (AvgIpc) is 2.72. The topological polar surface area (TPSA) is 67.4 Å². The highest BCUT2D eigenvalue weighted by Gasteiger charge is 2.26. The molecule has 1 aliphatic heterocycles. The number of hydrogen-bond acceptors (Lipinski definition) is 5. The zero-order chi connectivity index (χ0) is 14.8. The first kappa shape index (κ1) is 15.9. The Balaban J connectivity index is 2.11. The van der Waals surface area contributed by atoms with Crippen molar-refractivity contribution in [3.05, 3.63) is 16.5 Å². The number of aryl methyl sites for hydroxylation is 1. The van der Waals surface area contributed by atoms with E-state index in [1.807, 2.05) is 20.9 Å². The zero-order valence-electron chi connectivity index (χ0n) is 12.1. The lowest BCUT2D eigenvalue weighted by molar-refractivity contribution is 0.0173. The standard InChI is InChI=1S/C13H22N2O3S2/c1-9-6-13(19-12(9)8-14-3)20(16,17)15-11-4-5-18-10(2)7-11/h6,10-11,14-15H,4-5,7-8H2,1-3H3. The number of sulfonamides is 1. The van der Waals surface area contributed by atoms with Crippen LogP contribution in [-0.4, -0.2) is 34.2 Å². The molecule has 0 bridgehead atoms. The van der Waals surface area contributed by atoms with E-state index in [9.17, 15) is 8.42 Å². The summed E-state index contributed by atoms with van der Waals surface area (Å²) in [6, 6.07) is 1.72. The lowest BCUT2D eigenvalue weighted by atomic mass is 10.1. The van der Waals surface area contributed by atoms with E-state index < -0.39 is 10.0 Å². The highest BCUT2D eigenvalue weighted by atomic mass is 32.2. The second-order valence-corrected chi connectivity index (χ2v) is 8.30. The minimum atomic E-state index is -3.42. The normalized spacial score (nSPS) is 23.9. The van der Waals surface area contributed by atoms with E-state index in [-0.39, 0.29) is 12.1 Å². The summed E-state index contributed by atoms with van der Waals surface area (Å²) in [7, 11) is -1.56. The Bertz CT molecular complexity index is 554. The molecule has 1 saturated heterocycles. The summed E-state index contributed by atoms with van der Waals surface area (Å²) in [5.74, 6) is 0. The van der Waals surface area contributed by atoms with Crippen LogP contribution in [0.15, 0.2) is 10.3 Å². The van der Waals surface area contributed by atoms with Crippen molar-refractivity contribution >= 4 is 21.4 Å². The second kappa shape index (κ2) is 6.53. The summed E-state index contributed by atoms with van der Waals surface area (Å²) in [5.41, 5.74) is 1.02. The Morgan fingerprint density at radius 3 is 2.90 bits per heavy atom. The van der Waals surface area contributed by atoms with Gasteiger partial charge in [0.1, 0.15) is 4.21 Å². The number of hydrogen-bond donors (Lipinski definition) is 2. The fourth-order valence-corrected chi connectivity index (χ4v) is 5.24. The lowest BCUT2D eigenvalue weighted by Gasteiger charge is -2.27. The Labute approximate surface area is 124 Å². The molecule has 2 atom stereocenters. The van der Waals surface area contributed by atoms with Crippen LogP contribution in [0.3, 0.4) is 0 Å². The van der Waals surface area contributed by atoms with Crippen LogP contribution in [0.25, 0.3) is 0 Å². The Hall–Kier alpha value is -0.470. The molecule has 1 aromatic rings. The molecular formula is C13H22N2O3S2. The van der Waals surface area contributed by atoms with Crippen LogP contribution in [-0.2, 0) is 21.3 Å². The monoisotopic (exact) mass is 318 g/mol. The molecule has 2 heterocycles. The smallest absolute Gasteiger partial charge is 0.250 e. The molecule has 2 N–H and O–H groups in total. The summed E-state index contributed by atoms with van der Waals surface area (Å²) in [6.45, 7) is 5.22. The molecule has 1 fully saturated rings. The van der Waals surface area contributed by atoms with Crippen LogP contribution < -0.4 is 10.0 Å². The van der Waals surface area contributed by atoms with E-state index in [2.05, 4.69) is 10.0 Å². The van der Waals surface area contributed by atoms with Crippen LogP contribution >= 0.6 is 11.3 Å². The fourth-order valence-electron chi connectivity index (χ4n) is 2.34. The number of nitrogens with one attached hydrogen (secondary N) is 2. The summed E-state index contributed by atoms with van der Waals surface area (Å²) < 4.78 is 33.5. The molecule has 0 aromatic carbocycles. The number of thiophene rings is 1. The Morgan fingerprint density at radius 2 is 2.25 bits per heavy atom. The van der Waals surface area contributed by atoms with Gasteiger partial charge in [0, 0.05) is 24.1 Å². The van der Waals surface area contributed by atoms with E-state index in [1.165, 1.54) is 11.3 Å². The lowest BCUT2D eigenvalue weighted by Crippen LogP contribution is -2.40. The molecule has 0 spiro atoms. The summed E-state index contributed by atoms with van der Waals surface area (Å²) in [5, 5.41) is 3.06. The molecule has 5 nitrogen and oxygen atoms in total. The molecule has 20 heavy (non-hydrogen) atoms. The van der Waals surface area contributed by atoms with E-state index in [0.29, 0.717) is 17.4 Å². The maximum Gasteiger partial charge on any atom is 0.250 e. The quantitative estimate of drug-likeness (QED) is 0.866. The highest BCUT2D eigenvalue weighted by molar-refractivity contribution is 7.91. The van der Waals surface area contributed by atoms with Gasteiger partial charge >= 0.3 is 0 Å². The molecule has 0 aliphatic carbocycles. The van der Waals surface area contributed by atoms with Gasteiger partial charge in [0.15, 0.2) is 0 Å². The first-order valence-electron chi connectivity index (χ1n) is 6.80. The SMILES string of the molecule is CNCc1sc(S(=O)(=O)NC2CCOC(C)C2)cc1C. The molecule has 1 aromatic heterocycles. The van der Waals surface area contributed by atoms with Gasteiger partial charge in [-0.05, 0) is 45.4 Å². The van der Waals surface area contributed by atoms with E-state index >= 15 is 0 Å². The first-order valence-corrected chi connectivity index (χ1v) is 9.10. The molecule has 0 radical (unpaired) electrons. The van der Waals surface area contributed by atoms with Gasteiger partial charge in [-0.15, -0.1) is 11.3 Å². The maximum atomic E-state index is 12.4. The molecular weight excluding hydrogens is 296 g/mol. The van der Waals surface area contributed by atoms with Gasteiger partial charge in [0.2, 0.25) is 10.0 Å². The molecule has 7 heteroatoms. The van der Waals surface area contributed by atoms with Gasteiger partial charge in [0.05, 0.1) is 6.10 Å². The third-order valence-electron chi connectivity index (χ3n) is 3.41. The van der Waals surface area contributed by atoms with Gasteiger partial charge in [-0.1, -0.05) is 0 Å². The van der Waals surface area contributed by atoms with Gasteiger partial charge in [-0.3, -0.25) is 0 Å². The molecule has 114 valence electrons. The van der Waals surface area contributed by atoms with Crippen molar-refractivity contribution in [3.63, 3.8) is 0 Å². The van der Waals surface area contributed by atoms with Gasteiger partial charge in [0.25, 0.3) is 0 Å². The third-order valence-corrected chi connectivity index (χ3v) is 6.64. The van der Waals surface area contributed by atoms with Crippen molar-refractivity contribution in [2.75, 3.05) is 13.7 Å². The van der Waals surface area contributed by atoms with Crippen LogP contribution in [0.5, 0.6) is 0 Å². The fraction of sp³-hybridized carbons (Fsp3) is 0.692. The van der Waals surface area contributed by atoms with Crippen LogP contribution in [0, 0.1) is 6.92 Å². The maximum absolute atomic E-state index is 12.4. The minimum absolute atomic E-state index is 0.0288. The summed E-state index contributed by atoms with van der Waals surface area (Å²) in [4.78, 5) is 1.06. The highest BCUT2D eigenvalue weighted by Crippen LogP contribution is 2.27. The molecule has 0 amide bonds. The number of rotatable bonds is 5. The molecule has 1 aliphatic rings. The predicted molar refractivity (Wildman–Crippen MR) is 80.6 cm³/mol. The van der Waals surface area contributed by atoms with Gasteiger partial charge in [-0.2, -0.15) is 0 Å². The van der Waals surface area contributed by atoms with Crippen molar-refractivity contribution in [1.82, 2.24) is 10.0 Å². The average molecular weight is 318 g/mol. The number of ether oxygens (including phenoxy) is 1. The molecule has 2 unspecified atom stereocenters. The molecule has 0 saturated carbocycles. The first-order chi connectivity index (χ1) is 9.42. The molecule has 2 rings (SSSR count). The van der Waals surface area contributed by atoms with Crippen LogP contribution in [0.1, 0.15) is 30.2 Å². The van der Waals surface area contributed by atoms with Crippen molar-refractivity contribution in [2.24, 2.45) is 0 Å².